The molecule has 0 aromatic heterocycles. The Labute approximate surface area is 251 Å². The number of hydrogen-bond acceptors (Lipinski definition) is 4. The van der Waals surface area contributed by atoms with Crippen molar-refractivity contribution in [3.8, 4) is 0 Å². The van der Waals surface area contributed by atoms with Crippen molar-refractivity contribution in [1.82, 2.24) is 14.5 Å². The summed E-state index contributed by atoms with van der Waals surface area (Å²) in [7, 11) is -2.71. The van der Waals surface area contributed by atoms with Gasteiger partial charge in [0.05, 0.1) is 11.4 Å². The zero-order valence-corrected chi connectivity index (χ0v) is 25.6. The molecule has 2 amide bonds. The van der Waals surface area contributed by atoms with Crippen molar-refractivity contribution in [2.45, 2.75) is 50.2 Å². The molecule has 7 nitrogen and oxygen atoms in total. The van der Waals surface area contributed by atoms with Crippen LogP contribution in [0.3, 0.4) is 0 Å². The van der Waals surface area contributed by atoms with E-state index in [4.69, 9.17) is 34.8 Å². The van der Waals surface area contributed by atoms with Gasteiger partial charge in [0.2, 0.25) is 21.8 Å². The third-order valence-electron chi connectivity index (χ3n) is 6.54. The molecule has 40 heavy (non-hydrogen) atoms. The summed E-state index contributed by atoms with van der Waals surface area (Å²) in [6, 6.07) is 18.8. The highest BCUT2D eigenvalue weighted by molar-refractivity contribution is 7.89. The summed E-state index contributed by atoms with van der Waals surface area (Å²) in [5, 5.41) is 4.01. The Balaban J connectivity index is 2.02. The van der Waals surface area contributed by atoms with E-state index in [-0.39, 0.29) is 29.8 Å². The van der Waals surface area contributed by atoms with Crippen LogP contribution in [-0.4, -0.2) is 55.1 Å². The first kappa shape index (κ1) is 31.9. The van der Waals surface area contributed by atoms with Gasteiger partial charge in [0.25, 0.3) is 0 Å². The number of halogens is 3. The summed E-state index contributed by atoms with van der Waals surface area (Å²) in [4.78, 5) is 28.9. The van der Waals surface area contributed by atoms with Crippen LogP contribution in [0.4, 0.5) is 0 Å². The van der Waals surface area contributed by atoms with Crippen LogP contribution in [0.15, 0.2) is 77.7 Å². The Morgan fingerprint density at radius 3 is 2.08 bits per heavy atom. The molecule has 0 radical (unpaired) electrons. The summed E-state index contributed by atoms with van der Waals surface area (Å²) >= 11 is 18.8. The van der Waals surface area contributed by atoms with Gasteiger partial charge in [-0.05, 0) is 55.3 Å². The largest absolute Gasteiger partial charge is 0.352 e. The average Bonchev–Trinajstić information content (AvgIpc) is 2.92. The number of nitrogens with one attached hydrogen (secondary N) is 1. The molecule has 0 heterocycles. The second-order valence-electron chi connectivity index (χ2n) is 9.46. The molecule has 11 heteroatoms. The van der Waals surface area contributed by atoms with Gasteiger partial charge >= 0.3 is 0 Å². The van der Waals surface area contributed by atoms with Crippen LogP contribution in [0.2, 0.25) is 15.1 Å². The highest BCUT2D eigenvalue weighted by Crippen LogP contribution is 2.28. The Kier molecular flexibility index (Phi) is 11.4. The van der Waals surface area contributed by atoms with Crippen molar-refractivity contribution in [3.63, 3.8) is 0 Å². The number of carbonyl (C=O) groups is 2. The maximum atomic E-state index is 13.9. The topological polar surface area (TPSA) is 86.8 Å². The molecule has 0 aliphatic rings. The molecule has 0 unspecified atom stereocenters. The van der Waals surface area contributed by atoms with E-state index in [0.29, 0.717) is 27.1 Å². The van der Waals surface area contributed by atoms with Gasteiger partial charge in [-0.3, -0.25) is 9.59 Å². The molecule has 214 valence electrons. The van der Waals surface area contributed by atoms with Gasteiger partial charge in [-0.2, -0.15) is 4.31 Å². The van der Waals surface area contributed by atoms with Gasteiger partial charge in [0.1, 0.15) is 6.04 Å². The predicted molar refractivity (Wildman–Crippen MR) is 160 cm³/mol. The Hall–Kier alpha value is -2.62. The van der Waals surface area contributed by atoms with Crippen LogP contribution in [-0.2, 0) is 32.6 Å². The van der Waals surface area contributed by atoms with Crippen molar-refractivity contribution in [2.24, 2.45) is 0 Å². The zero-order valence-electron chi connectivity index (χ0n) is 22.5. The molecule has 2 atom stereocenters. The summed E-state index contributed by atoms with van der Waals surface area (Å²) in [5.41, 5.74) is 1.29. The standard InChI is InChI=1S/C29H32Cl3N3O4S/c1-4-20(2)33-29(37)27(17-21-9-6-5-7-10-21)35(18-24-25(31)11-8-12-26(24)32)28(36)19-34(3)40(38,39)23-15-13-22(30)14-16-23/h5-16,20,27H,4,17-19H2,1-3H3,(H,33,37)/t20-,27+/m1/s1. The van der Waals surface area contributed by atoms with Crippen LogP contribution in [0.5, 0.6) is 0 Å². The maximum Gasteiger partial charge on any atom is 0.243 e. The fourth-order valence-corrected chi connectivity index (χ4v) is 5.76. The molecule has 3 rings (SSSR count). The van der Waals surface area contributed by atoms with Gasteiger partial charge in [-0.15, -0.1) is 0 Å². The molecule has 0 aliphatic heterocycles. The number of likely N-dealkylation sites (N-methyl/N-ethyl adjacent to an activating group) is 1. The smallest absolute Gasteiger partial charge is 0.243 e. The monoisotopic (exact) mass is 623 g/mol. The lowest BCUT2D eigenvalue weighted by atomic mass is 10.0. The molecule has 0 saturated carbocycles. The third kappa shape index (κ3) is 8.21. The molecule has 0 bridgehead atoms. The lowest BCUT2D eigenvalue weighted by molar-refractivity contribution is -0.141. The first-order chi connectivity index (χ1) is 18.9. The first-order valence-electron chi connectivity index (χ1n) is 12.7. The van der Waals surface area contributed by atoms with Crippen LogP contribution >= 0.6 is 34.8 Å². The minimum atomic E-state index is -4.03. The second-order valence-corrected chi connectivity index (χ2v) is 12.8. The minimum absolute atomic E-state index is 0.0109. The van der Waals surface area contributed by atoms with E-state index in [0.717, 1.165) is 9.87 Å². The number of nitrogens with zero attached hydrogens (tertiary/aromatic N) is 2. The highest BCUT2D eigenvalue weighted by atomic mass is 35.5. The molecule has 0 aliphatic carbocycles. The van der Waals surface area contributed by atoms with Crippen molar-refractivity contribution < 1.29 is 18.0 Å². The number of sulfonamides is 1. The molecular formula is C29H32Cl3N3O4S. The highest BCUT2D eigenvalue weighted by Gasteiger charge is 2.34. The quantitative estimate of drug-likeness (QED) is 0.275. The summed E-state index contributed by atoms with van der Waals surface area (Å²) in [6.45, 7) is 3.20. The SMILES string of the molecule is CC[C@@H](C)NC(=O)[C@H](Cc1ccccc1)N(Cc1c(Cl)cccc1Cl)C(=O)CN(C)S(=O)(=O)c1ccc(Cl)cc1. The Morgan fingerprint density at radius 2 is 1.50 bits per heavy atom. The second kappa shape index (κ2) is 14.3. The normalized spacial score (nSPS) is 13.1. The lowest BCUT2D eigenvalue weighted by Crippen LogP contribution is -2.54. The number of amides is 2. The number of carbonyl (C=O) groups excluding carboxylic acids is 2. The Morgan fingerprint density at radius 1 is 0.900 bits per heavy atom. The van der Waals surface area contributed by atoms with Gasteiger partial charge in [0, 0.05) is 46.7 Å². The van der Waals surface area contributed by atoms with Crippen molar-refractivity contribution in [1.29, 1.82) is 0 Å². The summed E-state index contributed by atoms with van der Waals surface area (Å²) < 4.78 is 27.4. The fraction of sp³-hybridized carbons (Fsp3) is 0.310. The molecule has 0 fully saturated rings. The minimum Gasteiger partial charge on any atom is -0.352 e. The molecule has 1 N–H and O–H groups in total. The third-order valence-corrected chi connectivity index (χ3v) is 9.32. The molecule has 0 saturated heterocycles. The van der Waals surface area contributed by atoms with E-state index in [2.05, 4.69) is 5.32 Å². The average molecular weight is 625 g/mol. The first-order valence-corrected chi connectivity index (χ1v) is 15.3. The maximum absolute atomic E-state index is 13.9. The van der Waals surface area contributed by atoms with E-state index >= 15 is 0 Å². The van der Waals surface area contributed by atoms with Crippen LogP contribution in [0.25, 0.3) is 0 Å². The van der Waals surface area contributed by atoms with Crippen molar-refractivity contribution >= 4 is 56.6 Å². The van der Waals surface area contributed by atoms with E-state index in [1.165, 1.54) is 36.2 Å². The number of benzene rings is 3. The summed E-state index contributed by atoms with van der Waals surface area (Å²) in [5.74, 6) is -0.950. The van der Waals surface area contributed by atoms with E-state index in [1.54, 1.807) is 18.2 Å². The van der Waals surface area contributed by atoms with E-state index < -0.39 is 28.5 Å². The van der Waals surface area contributed by atoms with Crippen molar-refractivity contribution in [2.75, 3.05) is 13.6 Å². The fourth-order valence-electron chi connectivity index (χ4n) is 4.00. The van der Waals surface area contributed by atoms with Gasteiger partial charge in [0.15, 0.2) is 0 Å². The van der Waals surface area contributed by atoms with Gasteiger partial charge in [-0.25, -0.2) is 8.42 Å². The van der Waals surface area contributed by atoms with Gasteiger partial charge in [-0.1, -0.05) is 78.1 Å². The molecule has 3 aromatic carbocycles. The molecule has 3 aromatic rings. The number of rotatable bonds is 12. The van der Waals surface area contributed by atoms with Gasteiger partial charge < -0.3 is 10.2 Å². The van der Waals surface area contributed by atoms with Crippen LogP contribution < -0.4 is 5.32 Å². The summed E-state index contributed by atoms with van der Waals surface area (Å²) in [6.07, 6.45) is 0.890. The van der Waals surface area contributed by atoms with Crippen molar-refractivity contribution in [3.05, 3.63) is 99.0 Å². The van der Waals surface area contributed by atoms with E-state index in [9.17, 15) is 18.0 Å². The predicted octanol–water partition coefficient (Wildman–Crippen LogP) is 5.82. The molecular weight excluding hydrogens is 593 g/mol. The van der Waals surface area contributed by atoms with E-state index in [1.807, 2.05) is 44.2 Å². The van der Waals surface area contributed by atoms with Crippen LogP contribution in [0, 0.1) is 0 Å². The zero-order chi connectivity index (χ0) is 29.4. The van der Waals surface area contributed by atoms with Crippen LogP contribution in [0.1, 0.15) is 31.4 Å². The number of hydrogen-bond donors (Lipinski definition) is 1. The molecule has 0 spiro atoms. The lowest BCUT2D eigenvalue weighted by Gasteiger charge is -2.33. The Bertz CT molecular complexity index is 1400.